The maximum Gasteiger partial charge on any atom is 0.240 e. The van der Waals surface area contributed by atoms with Crippen LogP contribution in [-0.4, -0.2) is 30.7 Å². The van der Waals surface area contributed by atoms with Gasteiger partial charge in [-0.25, -0.2) is 0 Å². The number of hydrogen-bond acceptors (Lipinski definition) is 3. The molecule has 0 aliphatic carbocycles. The fourth-order valence-electron chi connectivity index (χ4n) is 1.66. The van der Waals surface area contributed by atoms with Gasteiger partial charge in [-0.3, -0.25) is 4.79 Å². The average Bonchev–Trinajstić information content (AvgIpc) is 2.35. The van der Waals surface area contributed by atoms with Gasteiger partial charge in [0.25, 0.3) is 0 Å². The number of aliphatic hydroxyl groups excluding tert-OH is 1. The molecule has 0 saturated heterocycles. The van der Waals surface area contributed by atoms with Gasteiger partial charge in [-0.15, -0.1) is 0 Å². The molecule has 4 heteroatoms. The summed E-state index contributed by atoms with van der Waals surface area (Å²) in [4.78, 5) is 13.2. The molecule has 3 N–H and O–H groups in total. The Morgan fingerprint density at radius 3 is 2.71 bits per heavy atom. The fraction of sp³-hybridized carbons (Fsp3) is 0.462. The minimum Gasteiger partial charge on any atom is -0.395 e. The summed E-state index contributed by atoms with van der Waals surface area (Å²) in [6, 6.07) is 7.76. The zero-order valence-corrected chi connectivity index (χ0v) is 10.4. The molecule has 0 atom stereocenters. The lowest BCUT2D eigenvalue weighted by Gasteiger charge is -2.22. The summed E-state index contributed by atoms with van der Waals surface area (Å²) in [6.07, 6.45) is 0. The predicted molar refractivity (Wildman–Crippen MR) is 69.0 cm³/mol. The van der Waals surface area contributed by atoms with Crippen LogP contribution in [0.25, 0.3) is 0 Å². The predicted octanol–water partition coefficient (Wildman–Crippen LogP) is 1.09. The number of aliphatic hydroxyl groups is 1. The molecular weight excluding hydrogens is 216 g/mol. The first kappa shape index (κ1) is 13.7. The Morgan fingerprint density at radius 1 is 1.47 bits per heavy atom. The van der Waals surface area contributed by atoms with E-state index in [1.165, 1.54) is 4.90 Å². The number of carbonyl (C=O) groups is 1. The van der Waals surface area contributed by atoms with Crippen LogP contribution < -0.4 is 10.6 Å². The van der Waals surface area contributed by atoms with Gasteiger partial charge in [0.05, 0.1) is 13.2 Å². The SMILES string of the molecule is CC(C)c1cccc(N(CCO)C(=O)CN)c1. The Kier molecular flexibility index (Phi) is 5.12. The molecule has 0 bridgehead atoms. The summed E-state index contributed by atoms with van der Waals surface area (Å²) in [5.41, 5.74) is 7.32. The zero-order chi connectivity index (χ0) is 12.8. The summed E-state index contributed by atoms with van der Waals surface area (Å²) in [7, 11) is 0. The summed E-state index contributed by atoms with van der Waals surface area (Å²) in [6.45, 7) is 4.35. The average molecular weight is 236 g/mol. The Bertz CT molecular complexity index is 377. The molecule has 17 heavy (non-hydrogen) atoms. The molecule has 1 amide bonds. The van der Waals surface area contributed by atoms with Crippen LogP contribution in [0.3, 0.4) is 0 Å². The van der Waals surface area contributed by atoms with Crippen molar-refractivity contribution in [2.75, 3.05) is 24.6 Å². The molecule has 1 rings (SSSR count). The Hall–Kier alpha value is -1.39. The largest absolute Gasteiger partial charge is 0.395 e. The molecule has 1 aromatic carbocycles. The molecule has 0 heterocycles. The van der Waals surface area contributed by atoms with Crippen molar-refractivity contribution in [3.05, 3.63) is 29.8 Å². The maximum atomic E-state index is 11.7. The van der Waals surface area contributed by atoms with Gasteiger partial charge in [0, 0.05) is 12.2 Å². The topological polar surface area (TPSA) is 66.6 Å². The molecule has 0 fully saturated rings. The van der Waals surface area contributed by atoms with E-state index in [4.69, 9.17) is 10.8 Å². The van der Waals surface area contributed by atoms with Gasteiger partial charge in [0.2, 0.25) is 5.91 Å². The third-order valence-corrected chi connectivity index (χ3v) is 2.65. The first-order chi connectivity index (χ1) is 8.10. The highest BCUT2D eigenvalue weighted by molar-refractivity contribution is 5.94. The number of anilines is 1. The Labute approximate surface area is 102 Å². The lowest BCUT2D eigenvalue weighted by atomic mass is 10.0. The zero-order valence-electron chi connectivity index (χ0n) is 10.4. The van der Waals surface area contributed by atoms with Crippen molar-refractivity contribution in [3.63, 3.8) is 0 Å². The number of hydrogen-bond donors (Lipinski definition) is 2. The fourth-order valence-corrected chi connectivity index (χ4v) is 1.66. The van der Waals surface area contributed by atoms with Gasteiger partial charge in [0.1, 0.15) is 0 Å². The molecular formula is C13H20N2O2. The van der Waals surface area contributed by atoms with Crippen LogP contribution in [0.4, 0.5) is 5.69 Å². The van der Waals surface area contributed by atoms with Crippen LogP contribution in [0.5, 0.6) is 0 Å². The number of nitrogens with two attached hydrogens (primary N) is 1. The van der Waals surface area contributed by atoms with Crippen molar-refractivity contribution in [2.24, 2.45) is 5.73 Å². The molecule has 1 aromatic rings. The van der Waals surface area contributed by atoms with Crippen LogP contribution in [-0.2, 0) is 4.79 Å². The Balaban J connectivity index is 3.01. The highest BCUT2D eigenvalue weighted by atomic mass is 16.3. The van der Waals surface area contributed by atoms with Gasteiger partial charge >= 0.3 is 0 Å². The van der Waals surface area contributed by atoms with E-state index in [0.717, 1.165) is 11.3 Å². The van der Waals surface area contributed by atoms with Gasteiger partial charge < -0.3 is 15.7 Å². The number of benzene rings is 1. The number of rotatable bonds is 5. The lowest BCUT2D eigenvalue weighted by molar-refractivity contribution is -0.117. The van der Waals surface area contributed by atoms with Crippen molar-refractivity contribution in [2.45, 2.75) is 19.8 Å². The third-order valence-electron chi connectivity index (χ3n) is 2.65. The summed E-state index contributed by atoms with van der Waals surface area (Å²) in [5, 5.41) is 8.99. The summed E-state index contributed by atoms with van der Waals surface area (Å²) in [5.74, 6) is 0.221. The number of amides is 1. The summed E-state index contributed by atoms with van der Waals surface area (Å²) < 4.78 is 0. The van der Waals surface area contributed by atoms with Crippen LogP contribution in [0.2, 0.25) is 0 Å². The maximum absolute atomic E-state index is 11.7. The molecule has 0 aliphatic heterocycles. The van der Waals surface area contributed by atoms with E-state index in [9.17, 15) is 4.79 Å². The molecule has 0 unspecified atom stereocenters. The molecule has 4 nitrogen and oxygen atoms in total. The molecule has 0 aromatic heterocycles. The smallest absolute Gasteiger partial charge is 0.240 e. The minimum atomic E-state index is -0.181. The second-order valence-electron chi connectivity index (χ2n) is 4.22. The van der Waals surface area contributed by atoms with Crippen molar-refractivity contribution in [1.82, 2.24) is 0 Å². The molecule has 0 spiro atoms. The summed E-state index contributed by atoms with van der Waals surface area (Å²) >= 11 is 0. The van der Waals surface area contributed by atoms with Crippen LogP contribution in [0.15, 0.2) is 24.3 Å². The van der Waals surface area contributed by atoms with Gasteiger partial charge in [0.15, 0.2) is 0 Å². The first-order valence-electron chi connectivity index (χ1n) is 5.81. The normalized spacial score (nSPS) is 10.6. The second-order valence-corrected chi connectivity index (χ2v) is 4.22. The Morgan fingerprint density at radius 2 is 2.18 bits per heavy atom. The molecule has 0 aliphatic rings. The lowest BCUT2D eigenvalue weighted by Crippen LogP contribution is -2.38. The van der Waals surface area contributed by atoms with Gasteiger partial charge in [-0.2, -0.15) is 0 Å². The van der Waals surface area contributed by atoms with Crippen molar-refractivity contribution < 1.29 is 9.90 Å². The van der Waals surface area contributed by atoms with Crippen molar-refractivity contribution in [3.8, 4) is 0 Å². The van der Waals surface area contributed by atoms with Crippen LogP contribution >= 0.6 is 0 Å². The quantitative estimate of drug-likeness (QED) is 0.804. The minimum absolute atomic E-state index is 0.0497. The van der Waals surface area contributed by atoms with E-state index in [1.807, 2.05) is 24.3 Å². The highest BCUT2D eigenvalue weighted by Crippen LogP contribution is 2.21. The van der Waals surface area contributed by atoms with E-state index in [2.05, 4.69) is 13.8 Å². The van der Waals surface area contributed by atoms with Gasteiger partial charge in [-0.05, 0) is 23.6 Å². The van der Waals surface area contributed by atoms with E-state index in [0.29, 0.717) is 5.92 Å². The molecule has 94 valence electrons. The number of carbonyl (C=O) groups excluding carboxylic acids is 1. The second kappa shape index (κ2) is 6.37. The van der Waals surface area contributed by atoms with E-state index >= 15 is 0 Å². The first-order valence-corrected chi connectivity index (χ1v) is 5.81. The van der Waals surface area contributed by atoms with Crippen LogP contribution in [0.1, 0.15) is 25.3 Å². The van der Waals surface area contributed by atoms with Gasteiger partial charge in [-0.1, -0.05) is 26.0 Å². The van der Waals surface area contributed by atoms with Crippen molar-refractivity contribution in [1.29, 1.82) is 0 Å². The molecule has 0 saturated carbocycles. The van der Waals surface area contributed by atoms with Crippen LogP contribution in [0, 0.1) is 0 Å². The third kappa shape index (κ3) is 3.54. The highest BCUT2D eigenvalue weighted by Gasteiger charge is 2.14. The van der Waals surface area contributed by atoms with E-state index in [-0.39, 0.29) is 25.6 Å². The van der Waals surface area contributed by atoms with E-state index < -0.39 is 0 Å². The number of nitrogens with zero attached hydrogens (tertiary/aromatic N) is 1. The van der Waals surface area contributed by atoms with Crippen molar-refractivity contribution >= 4 is 11.6 Å². The molecule has 0 radical (unpaired) electrons. The monoisotopic (exact) mass is 236 g/mol. The standard InChI is InChI=1S/C13H20N2O2/c1-10(2)11-4-3-5-12(8-11)15(6-7-16)13(17)9-14/h3-5,8,10,16H,6-7,9,14H2,1-2H3. The van der Waals surface area contributed by atoms with E-state index in [1.54, 1.807) is 0 Å².